The number of rotatable bonds is 5. The van der Waals surface area contributed by atoms with Crippen LogP contribution in [0.3, 0.4) is 0 Å². The molecule has 2 amide bonds. The summed E-state index contributed by atoms with van der Waals surface area (Å²) in [6, 6.07) is 8.30. The molecule has 0 radical (unpaired) electrons. The van der Waals surface area contributed by atoms with Crippen LogP contribution in [0.15, 0.2) is 30.3 Å². The average Bonchev–Trinajstić information content (AvgIpc) is 3.28. The summed E-state index contributed by atoms with van der Waals surface area (Å²) < 4.78 is 13.5. The first-order valence-corrected chi connectivity index (χ1v) is 8.28. The zero-order valence-electron chi connectivity index (χ0n) is 12.7. The van der Waals surface area contributed by atoms with E-state index in [4.69, 9.17) is 0 Å². The molecule has 1 aromatic heterocycles. The monoisotopic (exact) mass is 332 g/mol. The molecule has 2 N–H and O–H groups in total. The summed E-state index contributed by atoms with van der Waals surface area (Å²) in [5.74, 6) is -0.361. The molecular formula is C17H17FN2O2S. The van der Waals surface area contributed by atoms with Crippen LogP contribution in [0.1, 0.15) is 33.6 Å². The molecule has 120 valence electrons. The van der Waals surface area contributed by atoms with Crippen LogP contribution in [-0.4, -0.2) is 11.8 Å². The molecule has 6 heteroatoms. The van der Waals surface area contributed by atoms with Gasteiger partial charge in [0.05, 0.1) is 9.88 Å². The normalized spacial score (nSPS) is 13.7. The Morgan fingerprint density at radius 2 is 2.04 bits per heavy atom. The molecule has 1 heterocycles. The molecule has 1 saturated carbocycles. The Kier molecular flexibility index (Phi) is 4.43. The van der Waals surface area contributed by atoms with Gasteiger partial charge in [-0.3, -0.25) is 9.59 Å². The number of hydrogen-bond acceptors (Lipinski definition) is 3. The highest BCUT2D eigenvalue weighted by Crippen LogP contribution is 2.31. The summed E-state index contributed by atoms with van der Waals surface area (Å²) in [4.78, 5) is 24.3. The molecule has 0 spiro atoms. The summed E-state index contributed by atoms with van der Waals surface area (Å²) in [7, 11) is 0. The Hall–Kier alpha value is -2.21. The molecule has 1 fully saturated rings. The van der Waals surface area contributed by atoms with E-state index in [9.17, 15) is 14.0 Å². The molecule has 1 aliphatic carbocycles. The van der Waals surface area contributed by atoms with Gasteiger partial charge in [-0.05, 0) is 49.1 Å². The highest BCUT2D eigenvalue weighted by molar-refractivity contribution is 7.18. The molecule has 0 bridgehead atoms. The topological polar surface area (TPSA) is 58.2 Å². The van der Waals surface area contributed by atoms with Crippen molar-refractivity contribution in [3.8, 4) is 0 Å². The van der Waals surface area contributed by atoms with Gasteiger partial charge < -0.3 is 10.6 Å². The number of amides is 2. The Morgan fingerprint density at radius 1 is 1.26 bits per heavy atom. The van der Waals surface area contributed by atoms with Crippen LogP contribution in [0.5, 0.6) is 0 Å². The molecule has 0 aliphatic heterocycles. The predicted octanol–water partition coefficient (Wildman–Crippen LogP) is 3.47. The lowest BCUT2D eigenvalue weighted by Gasteiger charge is -2.05. The van der Waals surface area contributed by atoms with Gasteiger partial charge in [0.2, 0.25) is 5.91 Å². The van der Waals surface area contributed by atoms with E-state index in [-0.39, 0.29) is 30.1 Å². The van der Waals surface area contributed by atoms with E-state index in [0.29, 0.717) is 21.0 Å². The molecule has 4 nitrogen and oxygen atoms in total. The van der Waals surface area contributed by atoms with Crippen molar-refractivity contribution in [3.05, 3.63) is 52.2 Å². The predicted molar refractivity (Wildman–Crippen MR) is 88.0 cm³/mol. The average molecular weight is 332 g/mol. The molecule has 2 aromatic rings. The highest BCUT2D eigenvalue weighted by atomic mass is 32.1. The minimum absolute atomic E-state index is 0.0222. The highest BCUT2D eigenvalue weighted by Gasteiger charge is 2.29. The number of anilines is 1. The lowest BCUT2D eigenvalue weighted by molar-refractivity contribution is -0.117. The van der Waals surface area contributed by atoms with Crippen LogP contribution in [0, 0.1) is 18.7 Å². The fourth-order valence-electron chi connectivity index (χ4n) is 2.11. The number of thiophene rings is 1. The zero-order valence-corrected chi connectivity index (χ0v) is 13.5. The number of carbonyl (C=O) groups excluding carboxylic acids is 2. The first-order valence-electron chi connectivity index (χ1n) is 7.47. The molecule has 1 aromatic carbocycles. The Labute approximate surface area is 137 Å². The van der Waals surface area contributed by atoms with Gasteiger partial charge >= 0.3 is 0 Å². The van der Waals surface area contributed by atoms with Crippen molar-refractivity contribution in [2.75, 3.05) is 5.32 Å². The van der Waals surface area contributed by atoms with Crippen molar-refractivity contribution in [1.82, 2.24) is 5.32 Å². The fraction of sp³-hybridized carbons (Fsp3) is 0.294. The first kappa shape index (κ1) is 15.7. The van der Waals surface area contributed by atoms with Gasteiger partial charge in [0.25, 0.3) is 5.91 Å². The molecule has 3 rings (SSSR count). The van der Waals surface area contributed by atoms with Crippen molar-refractivity contribution in [1.29, 1.82) is 0 Å². The van der Waals surface area contributed by atoms with Crippen LogP contribution in [0.2, 0.25) is 0 Å². The van der Waals surface area contributed by atoms with Gasteiger partial charge in [-0.1, -0.05) is 12.1 Å². The minimum atomic E-state index is -0.280. The van der Waals surface area contributed by atoms with Crippen LogP contribution >= 0.6 is 11.3 Å². The molecule has 23 heavy (non-hydrogen) atoms. The SMILES string of the molecule is Cc1ccc(CNC(=O)c2ccc(NC(=O)C3CC3)s2)cc1F. The maximum absolute atomic E-state index is 13.5. The van der Waals surface area contributed by atoms with E-state index < -0.39 is 0 Å². The van der Waals surface area contributed by atoms with Crippen LogP contribution < -0.4 is 10.6 Å². The van der Waals surface area contributed by atoms with Gasteiger partial charge in [-0.25, -0.2) is 4.39 Å². The van der Waals surface area contributed by atoms with E-state index in [1.54, 1.807) is 31.2 Å². The summed E-state index contributed by atoms with van der Waals surface area (Å²) >= 11 is 1.24. The third kappa shape index (κ3) is 3.96. The summed E-state index contributed by atoms with van der Waals surface area (Å²) in [5, 5.41) is 6.25. The number of nitrogens with one attached hydrogen (secondary N) is 2. The zero-order chi connectivity index (χ0) is 16.4. The number of hydrogen-bond donors (Lipinski definition) is 2. The van der Waals surface area contributed by atoms with E-state index in [2.05, 4.69) is 10.6 Å². The van der Waals surface area contributed by atoms with Crippen molar-refractivity contribution in [3.63, 3.8) is 0 Å². The Bertz CT molecular complexity index is 753. The molecular weight excluding hydrogens is 315 g/mol. The summed E-state index contributed by atoms with van der Waals surface area (Å²) in [5.41, 5.74) is 1.29. The Morgan fingerprint density at radius 3 is 2.74 bits per heavy atom. The number of benzene rings is 1. The van der Waals surface area contributed by atoms with Crippen LogP contribution in [0.25, 0.3) is 0 Å². The first-order chi connectivity index (χ1) is 11.0. The van der Waals surface area contributed by atoms with E-state index in [1.165, 1.54) is 17.4 Å². The Balaban J connectivity index is 1.56. The van der Waals surface area contributed by atoms with Gasteiger partial charge in [0.1, 0.15) is 5.82 Å². The van der Waals surface area contributed by atoms with E-state index in [1.807, 2.05) is 0 Å². The van der Waals surface area contributed by atoms with Crippen molar-refractivity contribution in [2.45, 2.75) is 26.3 Å². The quantitative estimate of drug-likeness (QED) is 0.881. The standard InChI is InChI=1S/C17H17FN2O2S/c1-10-2-3-11(8-13(10)18)9-19-17(22)14-6-7-15(23-14)20-16(21)12-4-5-12/h2-3,6-8,12H,4-5,9H2,1H3,(H,19,22)(H,20,21). The van der Waals surface area contributed by atoms with Crippen molar-refractivity contribution < 1.29 is 14.0 Å². The molecule has 0 saturated heterocycles. The molecule has 0 atom stereocenters. The largest absolute Gasteiger partial charge is 0.347 e. The molecule has 0 unspecified atom stereocenters. The maximum atomic E-state index is 13.5. The van der Waals surface area contributed by atoms with Crippen LogP contribution in [-0.2, 0) is 11.3 Å². The molecule has 1 aliphatic rings. The van der Waals surface area contributed by atoms with Crippen molar-refractivity contribution in [2.24, 2.45) is 5.92 Å². The van der Waals surface area contributed by atoms with Crippen molar-refractivity contribution >= 4 is 28.2 Å². The third-order valence-corrected chi connectivity index (χ3v) is 4.71. The second kappa shape index (κ2) is 6.50. The summed E-state index contributed by atoms with van der Waals surface area (Å²) in [6.45, 7) is 1.96. The minimum Gasteiger partial charge on any atom is -0.347 e. The van der Waals surface area contributed by atoms with E-state index >= 15 is 0 Å². The number of carbonyl (C=O) groups is 2. The van der Waals surface area contributed by atoms with Gasteiger partial charge in [0.15, 0.2) is 0 Å². The van der Waals surface area contributed by atoms with Gasteiger partial charge in [-0.2, -0.15) is 0 Å². The fourth-order valence-corrected chi connectivity index (χ4v) is 2.94. The van der Waals surface area contributed by atoms with Gasteiger partial charge in [0, 0.05) is 12.5 Å². The lowest BCUT2D eigenvalue weighted by atomic mass is 10.1. The number of halogens is 1. The van der Waals surface area contributed by atoms with Crippen LogP contribution in [0.4, 0.5) is 9.39 Å². The maximum Gasteiger partial charge on any atom is 0.261 e. The smallest absolute Gasteiger partial charge is 0.261 e. The number of aryl methyl sites for hydroxylation is 1. The second-order valence-electron chi connectivity index (χ2n) is 5.69. The lowest BCUT2D eigenvalue weighted by Crippen LogP contribution is -2.21. The third-order valence-electron chi connectivity index (χ3n) is 3.71. The second-order valence-corrected chi connectivity index (χ2v) is 6.78. The van der Waals surface area contributed by atoms with Gasteiger partial charge in [-0.15, -0.1) is 11.3 Å². The van der Waals surface area contributed by atoms with E-state index in [0.717, 1.165) is 12.8 Å². The summed E-state index contributed by atoms with van der Waals surface area (Å²) in [6.07, 6.45) is 1.88.